The van der Waals surface area contributed by atoms with Gasteiger partial charge in [0.25, 0.3) is 0 Å². The van der Waals surface area contributed by atoms with Crippen molar-refractivity contribution in [3.8, 4) is 0 Å². The normalized spacial score (nSPS) is 24.0. The first-order valence-electron chi connectivity index (χ1n) is 5.07. The summed E-state index contributed by atoms with van der Waals surface area (Å²) in [5, 5.41) is 0.556. The van der Waals surface area contributed by atoms with Gasteiger partial charge in [0.2, 0.25) is 0 Å². The minimum atomic E-state index is 0.123. The molecule has 2 atom stereocenters. The first-order valence-corrected chi connectivity index (χ1v) is 6.12. The molecule has 0 aromatic carbocycles. The monoisotopic (exact) mass is 212 g/mol. The van der Waals surface area contributed by atoms with E-state index in [0.717, 1.165) is 18.0 Å². The maximum absolute atomic E-state index is 5.68. The van der Waals surface area contributed by atoms with E-state index in [0.29, 0.717) is 5.25 Å². The Bertz CT molecular complexity index is 292. The molecule has 1 aromatic rings. The molecule has 0 radical (unpaired) electrons. The molecule has 0 spiro atoms. The topological polar surface area (TPSA) is 52.0 Å². The molecule has 78 valence electrons. The lowest BCUT2D eigenvalue weighted by Gasteiger charge is -2.01. The third kappa shape index (κ3) is 2.30. The number of hydrogen-bond acceptors (Lipinski definition) is 4. The second kappa shape index (κ2) is 4.36. The van der Waals surface area contributed by atoms with Crippen molar-refractivity contribution in [1.82, 2.24) is 4.98 Å². The van der Waals surface area contributed by atoms with Crippen molar-refractivity contribution in [3.05, 3.63) is 17.8 Å². The largest absolute Gasteiger partial charge is 0.449 e. The molecule has 4 heteroatoms. The number of hydrogen-bond donors (Lipinski definition) is 1. The van der Waals surface area contributed by atoms with Crippen molar-refractivity contribution >= 4 is 11.8 Å². The van der Waals surface area contributed by atoms with Crippen molar-refractivity contribution in [1.29, 1.82) is 0 Å². The Labute approximate surface area is 88.5 Å². The van der Waals surface area contributed by atoms with Crippen LogP contribution in [0.5, 0.6) is 0 Å². The van der Waals surface area contributed by atoms with Crippen LogP contribution >= 0.6 is 11.8 Å². The van der Waals surface area contributed by atoms with Gasteiger partial charge in [0.1, 0.15) is 6.26 Å². The third-order valence-electron chi connectivity index (χ3n) is 2.33. The summed E-state index contributed by atoms with van der Waals surface area (Å²) in [5.41, 5.74) is 6.78. The Morgan fingerprint density at radius 1 is 1.79 bits per heavy atom. The van der Waals surface area contributed by atoms with Gasteiger partial charge in [-0.3, -0.25) is 0 Å². The standard InChI is InChI=1S/C10H16N2OS/c1-7(11)5-10-12-8(6-13-10)9-3-2-4-14-9/h6-7,9H,2-5,11H2,1H3. The zero-order valence-corrected chi connectivity index (χ0v) is 9.22. The summed E-state index contributed by atoms with van der Waals surface area (Å²) in [6.45, 7) is 1.97. The fourth-order valence-electron chi connectivity index (χ4n) is 1.65. The Balaban J connectivity index is 2.01. The predicted molar refractivity (Wildman–Crippen MR) is 58.3 cm³/mol. The summed E-state index contributed by atoms with van der Waals surface area (Å²) in [6, 6.07) is 0.123. The molecule has 1 fully saturated rings. The average molecular weight is 212 g/mol. The molecule has 0 aliphatic carbocycles. The molecule has 2 unspecified atom stereocenters. The second-order valence-corrected chi connectivity index (χ2v) is 5.16. The van der Waals surface area contributed by atoms with Gasteiger partial charge in [0.05, 0.1) is 10.9 Å². The number of thioether (sulfide) groups is 1. The number of nitrogens with two attached hydrogens (primary N) is 1. The summed E-state index contributed by atoms with van der Waals surface area (Å²) in [5.74, 6) is 2.03. The third-order valence-corrected chi connectivity index (χ3v) is 3.73. The Kier molecular flexibility index (Phi) is 3.13. The van der Waals surface area contributed by atoms with Crippen LogP contribution < -0.4 is 5.73 Å². The fourth-order valence-corrected chi connectivity index (χ4v) is 2.88. The van der Waals surface area contributed by atoms with Gasteiger partial charge in [0, 0.05) is 12.5 Å². The van der Waals surface area contributed by atoms with Crippen molar-refractivity contribution in [2.45, 2.75) is 37.5 Å². The minimum absolute atomic E-state index is 0.123. The highest BCUT2D eigenvalue weighted by atomic mass is 32.2. The minimum Gasteiger partial charge on any atom is -0.449 e. The van der Waals surface area contributed by atoms with E-state index in [1.54, 1.807) is 6.26 Å². The zero-order chi connectivity index (χ0) is 9.97. The average Bonchev–Trinajstić information content (AvgIpc) is 2.69. The van der Waals surface area contributed by atoms with Crippen molar-refractivity contribution in [2.75, 3.05) is 5.75 Å². The summed E-state index contributed by atoms with van der Waals surface area (Å²) in [6.07, 6.45) is 5.05. The van der Waals surface area contributed by atoms with E-state index in [4.69, 9.17) is 10.2 Å². The van der Waals surface area contributed by atoms with Crippen LogP contribution in [0.1, 0.15) is 36.6 Å². The summed E-state index contributed by atoms with van der Waals surface area (Å²) in [4.78, 5) is 4.46. The first kappa shape index (κ1) is 10.1. The number of rotatable bonds is 3. The van der Waals surface area contributed by atoms with Crippen LogP contribution in [0.15, 0.2) is 10.7 Å². The molecule has 14 heavy (non-hydrogen) atoms. The molecule has 1 aliphatic rings. The lowest BCUT2D eigenvalue weighted by Crippen LogP contribution is -2.17. The molecule has 2 N–H and O–H groups in total. The van der Waals surface area contributed by atoms with E-state index < -0.39 is 0 Å². The lowest BCUT2D eigenvalue weighted by molar-refractivity contribution is 0.477. The molecule has 1 aliphatic heterocycles. The molecule has 3 nitrogen and oxygen atoms in total. The van der Waals surface area contributed by atoms with Gasteiger partial charge in [-0.15, -0.1) is 0 Å². The molecule has 2 rings (SSSR count). The summed E-state index contributed by atoms with van der Waals surface area (Å²) in [7, 11) is 0. The highest BCUT2D eigenvalue weighted by Crippen LogP contribution is 2.39. The zero-order valence-electron chi connectivity index (χ0n) is 8.40. The van der Waals surface area contributed by atoms with Crippen LogP contribution in [0, 0.1) is 0 Å². The van der Waals surface area contributed by atoms with Crippen LogP contribution in [0.4, 0.5) is 0 Å². The molecular formula is C10H16N2OS. The van der Waals surface area contributed by atoms with Gasteiger partial charge in [-0.1, -0.05) is 0 Å². The number of aromatic nitrogens is 1. The molecule has 1 aromatic heterocycles. The predicted octanol–water partition coefficient (Wildman–Crippen LogP) is 2.13. The number of nitrogens with zero attached hydrogens (tertiary/aromatic N) is 1. The van der Waals surface area contributed by atoms with Gasteiger partial charge in [-0.25, -0.2) is 4.98 Å². The van der Waals surface area contributed by atoms with Crippen LogP contribution in [-0.4, -0.2) is 16.8 Å². The van der Waals surface area contributed by atoms with Crippen molar-refractivity contribution in [2.24, 2.45) is 5.73 Å². The maximum atomic E-state index is 5.68. The summed E-state index contributed by atoms with van der Waals surface area (Å²) >= 11 is 1.97. The van der Waals surface area contributed by atoms with Crippen LogP contribution in [0.25, 0.3) is 0 Å². The number of oxazole rings is 1. The van der Waals surface area contributed by atoms with Crippen LogP contribution in [-0.2, 0) is 6.42 Å². The maximum Gasteiger partial charge on any atom is 0.195 e. The molecule has 2 heterocycles. The Hall–Kier alpha value is -0.480. The lowest BCUT2D eigenvalue weighted by atomic mass is 10.2. The van der Waals surface area contributed by atoms with Crippen LogP contribution in [0.3, 0.4) is 0 Å². The van der Waals surface area contributed by atoms with Crippen molar-refractivity contribution < 1.29 is 4.42 Å². The van der Waals surface area contributed by atoms with E-state index in [1.807, 2.05) is 18.7 Å². The second-order valence-electron chi connectivity index (χ2n) is 3.85. The van der Waals surface area contributed by atoms with Gasteiger partial charge >= 0.3 is 0 Å². The molecular weight excluding hydrogens is 196 g/mol. The van der Waals surface area contributed by atoms with E-state index in [-0.39, 0.29) is 6.04 Å². The van der Waals surface area contributed by atoms with E-state index in [1.165, 1.54) is 18.6 Å². The van der Waals surface area contributed by atoms with Gasteiger partial charge < -0.3 is 10.2 Å². The molecule has 0 bridgehead atoms. The van der Waals surface area contributed by atoms with Gasteiger partial charge in [0.15, 0.2) is 5.89 Å². The summed E-state index contributed by atoms with van der Waals surface area (Å²) < 4.78 is 5.38. The van der Waals surface area contributed by atoms with E-state index >= 15 is 0 Å². The highest BCUT2D eigenvalue weighted by molar-refractivity contribution is 7.99. The molecule has 1 saturated heterocycles. The fraction of sp³-hybridized carbons (Fsp3) is 0.700. The van der Waals surface area contributed by atoms with E-state index in [9.17, 15) is 0 Å². The highest BCUT2D eigenvalue weighted by Gasteiger charge is 2.21. The SMILES string of the molecule is CC(N)Cc1nc(C2CCCS2)co1. The Morgan fingerprint density at radius 3 is 3.29 bits per heavy atom. The molecule has 0 saturated carbocycles. The quantitative estimate of drug-likeness (QED) is 0.834. The first-order chi connectivity index (χ1) is 6.75. The smallest absolute Gasteiger partial charge is 0.195 e. The van der Waals surface area contributed by atoms with Gasteiger partial charge in [-0.2, -0.15) is 11.8 Å². The van der Waals surface area contributed by atoms with Crippen LogP contribution in [0.2, 0.25) is 0 Å². The van der Waals surface area contributed by atoms with Crippen molar-refractivity contribution in [3.63, 3.8) is 0 Å². The van der Waals surface area contributed by atoms with Gasteiger partial charge in [-0.05, 0) is 25.5 Å². The molecule has 0 amide bonds. The van der Waals surface area contributed by atoms with E-state index in [2.05, 4.69) is 4.98 Å². The Morgan fingerprint density at radius 2 is 2.64 bits per heavy atom.